The van der Waals surface area contributed by atoms with Gasteiger partial charge in [0.1, 0.15) is 0 Å². The molecule has 5 heteroatoms. The Morgan fingerprint density at radius 2 is 1.76 bits per heavy atom. The van der Waals surface area contributed by atoms with Gasteiger partial charge >= 0.3 is 0 Å². The van der Waals surface area contributed by atoms with Gasteiger partial charge < -0.3 is 4.90 Å². The van der Waals surface area contributed by atoms with Gasteiger partial charge in [-0.1, -0.05) is 0 Å². The highest BCUT2D eigenvalue weighted by Gasteiger charge is 2.17. The van der Waals surface area contributed by atoms with Crippen molar-refractivity contribution in [2.75, 3.05) is 43.4 Å². The van der Waals surface area contributed by atoms with Crippen LogP contribution in [0.5, 0.6) is 0 Å². The van der Waals surface area contributed by atoms with E-state index in [9.17, 15) is 0 Å². The molecule has 4 nitrogen and oxygen atoms in total. The highest BCUT2D eigenvalue weighted by Crippen LogP contribution is 2.10. The lowest BCUT2D eigenvalue weighted by molar-refractivity contribution is 0.253. The standard InChI is InChI=1S/C12H20N4S/c17-11-2-1-6-15-7-9-16(10-8-15)12-13-4-3-5-14-12/h3-5,17H,1-2,6-11H2. The molecule has 17 heavy (non-hydrogen) atoms. The van der Waals surface area contributed by atoms with E-state index >= 15 is 0 Å². The second-order valence-corrected chi connectivity index (χ2v) is 4.76. The number of thiol groups is 1. The van der Waals surface area contributed by atoms with Crippen LogP contribution in [0.1, 0.15) is 12.8 Å². The monoisotopic (exact) mass is 252 g/mol. The van der Waals surface area contributed by atoms with E-state index in [4.69, 9.17) is 0 Å². The molecular weight excluding hydrogens is 232 g/mol. The molecule has 0 aliphatic carbocycles. The maximum atomic E-state index is 4.29. The second-order valence-electron chi connectivity index (χ2n) is 4.31. The Balaban J connectivity index is 1.74. The first-order chi connectivity index (χ1) is 8.40. The van der Waals surface area contributed by atoms with Crippen LogP contribution in [-0.4, -0.2) is 53.3 Å². The van der Waals surface area contributed by atoms with Crippen LogP contribution in [0.4, 0.5) is 5.95 Å². The summed E-state index contributed by atoms with van der Waals surface area (Å²) < 4.78 is 0. The van der Waals surface area contributed by atoms with Crippen LogP contribution >= 0.6 is 12.6 Å². The molecule has 0 bridgehead atoms. The minimum Gasteiger partial charge on any atom is -0.338 e. The zero-order chi connectivity index (χ0) is 11.9. The summed E-state index contributed by atoms with van der Waals surface area (Å²) in [6.07, 6.45) is 6.08. The van der Waals surface area contributed by atoms with E-state index in [1.165, 1.54) is 19.4 Å². The third-order valence-electron chi connectivity index (χ3n) is 3.09. The molecule has 0 atom stereocenters. The maximum Gasteiger partial charge on any atom is 0.225 e. The van der Waals surface area contributed by atoms with E-state index in [-0.39, 0.29) is 0 Å². The first kappa shape index (κ1) is 12.6. The van der Waals surface area contributed by atoms with Gasteiger partial charge in [-0.05, 0) is 31.2 Å². The molecule has 0 unspecified atom stereocenters. The lowest BCUT2D eigenvalue weighted by Gasteiger charge is -2.34. The van der Waals surface area contributed by atoms with Gasteiger partial charge in [-0.2, -0.15) is 12.6 Å². The van der Waals surface area contributed by atoms with Gasteiger partial charge in [-0.3, -0.25) is 4.90 Å². The van der Waals surface area contributed by atoms with Crippen molar-refractivity contribution in [3.63, 3.8) is 0 Å². The summed E-state index contributed by atoms with van der Waals surface area (Å²) in [6.45, 7) is 5.50. The Bertz CT molecular complexity index is 312. The number of rotatable bonds is 5. The zero-order valence-electron chi connectivity index (χ0n) is 10.1. The lowest BCUT2D eigenvalue weighted by Crippen LogP contribution is -2.47. The van der Waals surface area contributed by atoms with Crippen molar-refractivity contribution >= 4 is 18.6 Å². The third kappa shape index (κ3) is 3.85. The Kier molecular flexibility index (Phi) is 5.07. The summed E-state index contributed by atoms with van der Waals surface area (Å²) in [4.78, 5) is 13.4. The summed E-state index contributed by atoms with van der Waals surface area (Å²) in [5, 5.41) is 0. The summed E-state index contributed by atoms with van der Waals surface area (Å²) in [6, 6.07) is 1.86. The van der Waals surface area contributed by atoms with Crippen molar-refractivity contribution in [3.8, 4) is 0 Å². The molecule has 1 aromatic rings. The molecule has 0 aromatic carbocycles. The molecule has 0 spiro atoms. The number of hydrogen-bond donors (Lipinski definition) is 1. The van der Waals surface area contributed by atoms with Crippen molar-refractivity contribution < 1.29 is 0 Å². The Morgan fingerprint density at radius 3 is 2.41 bits per heavy atom. The van der Waals surface area contributed by atoms with Gasteiger partial charge in [0.25, 0.3) is 0 Å². The van der Waals surface area contributed by atoms with Crippen molar-refractivity contribution in [1.82, 2.24) is 14.9 Å². The number of anilines is 1. The maximum absolute atomic E-state index is 4.29. The number of nitrogens with zero attached hydrogens (tertiary/aromatic N) is 4. The van der Waals surface area contributed by atoms with Crippen LogP contribution in [0.2, 0.25) is 0 Å². The lowest BCUT2D eigenvalue weighted by atomic mass is 10.2. The highest BCUT2D eigenvalue weighted by molar-refractivity contribution is 7.80. The molecule has 0 saturated carbocycles. The first-order valence-electron chi connectivity index (χ1n) is 6.25. The number of piperazine rings is 1. The van der Waals surface area contributed by atoms with Crippen LogP contribution in [0, 0.1) is 0 Å². The normalized spacial score (nSPS) is 17.4. The van der Waals surface area contributed by atoms with Gasteiger partial charge in [-0.25, -0.2) is 9.97 Å². The number of aromatic nitrogens is 2. The van der Waals surface area contributed by atoms with E-state index in [0.717, 1.165) is 37.9 Å². The summed E-state index contributed by atoms with van der Waals surface area (Å²) in [5.74, 6) is 1.86. The fourth-order valence-corrected chi connectivity index (χ4v) is 2.30. The summed E-state index contributed by atoms with van der Waals surface area (Å²) in [5.41, 5.74) is 0. The highest BCUT2D eigenvalue weighted by atomic mass is 32.1. The molecule has 94 valence electrons. The fourth-order valence-electron chi connectivity index (χ4n) is 2.07. The third-order valence-corrected chi connectivity index (χ3v) is 3.41. The molecule has 1 saturated heterocycles. The van der Waals surface area contributed by atoms with E-state index < -0.39 is 0 Å². The van der Waals surface area contributed by atoms with Crippen LogP contribution in [0.25, 0.3) is 0 Å². The number of unbranched alkanes of at least 4 members (excludes halogenated alkanes) is 1. The van der Waals surface area contributed by atoms with Crippen molar-refractivity contribution in [3.05, 3.63) is 18.5 Å². The van der Waals surface area contributed by atoms with Gasteiger partial charge in [0.05, 0.1) is 0 Å². The van der Waals surface area contributed by atoms with Crippen LogP contribution in [0.3, 0.4) is 0 Å². The van der Waals surface area contributed by atoms with Crippen molar-refractivity contribution in [2.45, 2.75) is 12.8 Å². The molecule has 1 fully saturated rings. The molecule has 0 amide bonds. The minimum atomic E-state index is 0.863. The van der Waals surface area contributed by atoms with Crippen LogP contribution < -0.4 is 4.90 Å². The Hall–Kier alpha value is -0.810. The largest absolute Gasteiger partial charge is 0.338 e. The van der Waals surface area contributed by atoms with Crippen molar-refractivity contribution in [1.29, 1.82) is 0 Å². The second kappa shape index (κ2) is 6.81. The Morgan fingerprint density at radius 1 is 1.06 bits per heavy atom. The Labute approximate surface area is 108 Å². The molecule has 2 rings (SSSR count). The predicted molar refractivity (Wildman–Crippen MR) is 73.8 cm³/mol. The van der Waals surface area contributed by atoms with Gasteiger partial charge in [0, 0.05) is 38.6 Å². The smallest absolute Gasteiger partial charge is 0.225 e. The van der Waals surface area contributed by atoms with E-state index in [1.807, 2.05) is 6.07 Å². The van der Waals surface area contributed by atoms with Crippen molar-refractivity contribution in [2.24, 2.45) is 0 Å². The van der Waals surface area contributed by atoms with E-state index in [1.54, 1.807) is 12.4 Å². The molecule has 1 aliphatic heterocycles. The average Bonchev–Trinajstić information content (AvgIpc) is 2.41. The van der Waals surface area contributed by atoms with Gasteiger partial charge in [0.2, 0.25) is 5.95 Å². The predicted octanol–water partition coefficient (Wildman–Crippen LogP) is 1.31. The van der Waals surface area contributed by atoms with E-state index in [0.29, 0.717) is 0 Å². The molecule has 0 N–H and O–H groups in total. The average molecular weight is 252 g/mol. The zero-order valence-corrected chi connectivity index (χ0v) is 11.0. The van der Waals surface area contributed by atoms with Gasteiger partial charge in [-0.15, -0.1) is 0 Å². The van der Waals surface area contributed by atoms with Crippen LogP contribution in [-0.2, 0) is 0 Å². The quantitative estimate of drug-likeness (QED) is 0.632. The number of hydrogen-bond acceptors (Lipinski definition) is 5. The van der Waals surface area contributed by atoms with Crippen LogP contribution in [0.15, 0.2) is 18.5 Å². The SMILES string of the molecule is SCCCCN1CCN(c2ncccn2)CC1. The molecule has 0 radical (unpaired) electrons. The molecular formula is C12H20N4S. The topological polar surface area (TPSA) is 32.3 Å². The summed E-state index contributed by atoms with van der Waals surface area (Å²) >= 11 is 4.24. The summed E-state index contributed by atoms with van der Waals surface area (Å²) in [7, 11) is 0. The van der Waals surface area contributed by atoms with E-state index in [2.05, 4.69) is 32.4 Å². The molecule has 1 aromatic heterocycles. The molecule has 1 aliphatic rings. The molecule has 2 heterocycles. The first-order valence-corrected chi connectivity index (χ1v) is 6.88. The minimum absolute atomic E-state index is 0.863. The fraction of sp³-hybridized carbons (Fsp3) is 0.667. The van der Waals surface area contributed by atoms with Gasteiger partial charge in [0.15, 0.2) is 0 Å².